The number of esters is 1. The molecule has 0 saturated heterocycles. The van der Waals surface area contributed by atoms with Crippen LogP contribution in [0.5, 0.6) is 5.75 Å². The number of hydrogen-bond acceptors (Lipinski definition) is 2. The first kappa shape index (κ1) is 27.3. The fraction of sp³-hybridized carbons (Fsp3) is 0.719. The Morgan fingerprint density at radius 1 is 0.972 bits per heavy atom. The lowest BCUT2D eigenvalue weighted by Crippen LogP contribution is -2.40. The summed E-state index contributed by atoms with van der Waals surface area (Å²) in [6.45, 7) is 4.19. The van der Waals surface area contributed by atoms with Gasteiger partial charge in [-0.05, 0) is 99.5 Å². The number of unbranched alkanes of at least 4 members (excludes halogenated alkanes) is 1. The number of hydrogen-bond donors (Lipinski definition) is 0. The van der Waals surface area contributed by atoms with Gasteiger partial charge in [0, 0.05) is 0 Å². The third-order valence-corrected chi connectivity index (χ3v) is 9.67. The van der Waals surface area contributed by atoms with E-state index in [0.29, 0.717) is 30.2 Å². The normalized spacial score (nSPS) is 30.8. The number of aryl methyl sites for hydroxylation is 1. The molecule has 0 amide bonds. The van der Waals surface area contributed by atoms with Crippen LogP contribution in [-0.2, 0) is 11.2 Å². The van der Waals surface area contributed by atoms with Crippen molar-refractivity contribution in [3.05, 3.63) is 41.5 Å². The molecule has 3 fully saturated rings. The van der Waals surface area contributed by atoms with Crippen molar-refractivity contribution >= 4 is 5.97 Å². The second kappa shape index (κ2) is 13.2. The van der Waals surface area contributed by atoms with E-state index in [1.54, 1.807) is 6.07 Å². The first-order valence-electron chi connectivity index (χ1n) is 14.8. The van der Waals surface area contributed by atoms with E-state index in [1.165, 1.54) is 70.3 Å². The predicted molar refractivity (Wildman–Crippen MR) is 142 cm³/mol. The Kier molecular flexibility index (Phi) is 10.0. The van der Waals surface area contributed by atoms with Crippen molar-refractivity contribution < 1.29 is 18.3 Å². The molecule has 0 N–H and O–H groups in total. The van der Waals surface area contributed by atoms with E-state index in [0.717, 1.165) is 37.0 Å². The number of allylic oxidation sites excluding steroid dienone is 2. The third-order valence-electron chi connectivity index (χ3n) is 9.67. The molecule has 36 heavy (non-hydrogen) atoms. The number of carbonyl (C=O) groups excluding carboxylic acids is 1. The Bertz CT molecular complexity index is 886. The molecule has 2 nitrogen and oxygen atoms in total. The molecule has 1 aromatic rings. The van der Waals surface area contributed by atoms with Crippen molar-refractivity contribution in [3.8, 4) is 5.75 Å². The largest absolute Gasteiger partial charge is 0.423 e. The Balaban J connectivity index is 1.32. The van der Waals surface area contributed by atoms with Gasteiger partial charge in [-0.1, -0.05) is 70.1 Å². The second-order valence-corrected chi connectivity index (χ2v) is 11.8. The van der Waals surface area contributed by atoms with Crippen molar-refractivity contribution in [2.75, 3.05) is 0 Å². The molecule has 4 heteroatoms. The first-order chi connectivity index (χ1) is 17.5. The molecule has 0 bridgehead atoms. The van der Waals surface area contributed by atoms with Crippen molar-refractivity contribution in [2.24, 2.45) is 35.5 Å². The van der Waals surface area contributed by atoms with E-state index in [4.69, 9.17) is 4.74 Å². The molecule has 0 radical (unpaired) electrons. The molecule has 4 rings (SSSR count). The molecule has 0 spiro atoms. The minimum atomic E-state index is -1.04. The fourth-order valence-electron chi connectivity index (χ4n) is 7.59. The van der Waals surface area contributed by atoms with Crippen LogP contribution in [0.3, 0.4) is 0 Å². The standard InChI is InChI=1S/C32H46F2O2/c1-3-5-7-10-24-18-20-29(31(34)30(24)33)36-32(35)28-12-8-11-26-21-25(17-19-27(26)28)23-15-13-22(14-16-23)9-6-4-2/h3,5,18,20,22-23,25-28H,4,6-17,19,21H2,1-2H3/b5-3+. The number of ether oxygens (including phenoxy) is 1. The van der Waals surface area contributed by atoms with E-state index in [1.807, 2.05) is 19.1 Å². The van der Waals surface area contributed by atoms with Crippen LogP contribution in [0, 0.1) is 47.1 Å². The third kappa shape index (κ3) is 6.58. The molecule has 3 saturated carbocycles. The highest BCUT2D eigenvalue weighted by molar-refractivity contribution is 5.75. The van der Waals surface area contributed by atoms with Crippen LogP contribution in [0.15, 0.2) is 24.3 Å². The van der Waals surface area contributed by atoms with Crippen LogP contribution in [0.2, 0.25) is 0 Å². The molecule has 4 unspecified atom stereocenters. The SMILES string of the molecule is C/C=C/CCc1ccc(OC(=O)C2CCCC3CC(C4CCC(CCCC)CC4)CCC32)c(F)c1F. The van der Waals surface area contributed by atoms with Crippen LogP contribution in [0.1, 0.15) is 109 Å². The average molecular weight is 501 g/mol. The molecule has 4 atom stereocenters. The molecule has 0 aromatic heterocycles. The van der Waals surface area contributed by atoms with Gasteiger partial charge in [0.25, 0.3) is 0 Å². The summed E-state index contributed by atoms with van der Waals surface area (Å²) in [6.07, 6.45) is 21.1. The van der Waals surface area contributed by atoms with Gasteiger partial charge in [-0.2, -0.15) is 4.39 Å². The molecular weight excluding hydrogens is 454 g/mol. The lowest BCUT2D eigenvalue weighted by atomic mass is 9.59. The lowest BCUT2D eigenvalue weighted by molar-refractivity contribution is -0.144. The molecule has 0 aliphatic heterocycles. The van der Waals surface area contributed by atoms with Crippen molar-refractivity contribution in [1.29, 1.82) is 0 Å². The van der Waals surface area contributed by atoms with Crippen LogP contribution < -0.4 is 4.74 Å². The van der Waals surface area contributed by atoms with E-state index in [9.17, 15) is 13.6 Å². The smallest absolute Gasteiger partial charge is 0.314 e. The zero-order valence-electron chi connectivity index (χ0n) is 22.5. The van der Waals surface area contributed by atoms with Gasteiger partial charge in [0.1, 0.15) is 0 Å². The van der Waals surface area contributed by atoms with Gasteiger partial charge >= 0.3 is 5.97 Å². The average Bonchev–Trinajstić information content (AvgIpc) is 2.91. The van der Waals surface area contributed by atoms with Crippen LogP contribution in [0.4, 0.5) is 8.78 Å². The summed E-state index contributed by atoms with van der Waals surface area (Å²) in [5.74, 6) is 0.769. The monoisotopic (exact) mass is 500 g/mol. The minimum Gasteiger partial charge on any atom is -0.423 e. The Morgan fingerprint density at radius 2 is 1.75 bits per heavy atom. The zero-order valence-corrected chi connectivity index (χ0v) is 22.5. The number of carbonyl (C=O) groups is 1. The van der Waals surface area contributed by atoms with E-state index in [-0.39, 0.29) is 17.6 Å². The molecule has 3 aliphatic rings. The lowest BCUT2D eigenvalue weighted by Gasteiger charge is -2.46. The summed E-state index contributed by atoms with van der Waals surface area (Å²) in [5.41, 5.74) is 0.320. The number of rotatable bonds is 9. The molecule has 3 aliphatic carbocycles. The summed E-state index contributed by atoms with van der Waals surface area (Å²) in [7, 11) is 0. The summed E-state index contributed by atoms with van der Waals surface area (Å²) in [5, 5.41) is 0. The maximum Gasteiger partial charge on any atom is 0.314 e. The number of benzene rings is 1. The van der Waals surface area contributed by atoms with Crippen molar-refractivity contribution in [1.82, 2.24) is 0 Å². The number of halogens is 2. The highest BCUT2D eigenvalue weighted by Gasteiger charge is 2.43. The van der Waals surface area contributed by atoms with Gasteiger partial charge in [-0.3, -0.25) is 4.79 Å². The second-order valence-electron chi connectivity index (χ2n) is 11.8. The van der Waals surface area contributed by atoms with Gasteiger partial charge in [-0.15, -0.1) is 0 Å². The van der Waals surface area contributed by atoms with Gasteiger partial charge in [0.15, 0.2) is 11.6 Å². The Labute approximate surface area is 217 Å². The van der Waals surface area contributed by atoms with Crippen molar-refractivity contribution in [2.45, 2.75) is 110 Å². The van der Waals surface area contributed by atoms with Crippen LogP contribution in [0.25, 0.3) is 0 Å². The van der Waals surface area contributed by atoms with Gasteiger partial charge < -0.3 is 4.74 Å². The van der Waals surface area contributed by atoms with E-state index >= 15 is 0 Å². The first-order valence-corrected chi connectivity index (χ1v) is 14.8. The Hall–Kier alpha value is -1.71. The van der Waals surface area contributed by atoms with Crippen molar-refractivity contribution in [3.63, 3.8) is 0 Å². The fourth-order valence-corrected chi connectivity index (χ4v) is 7.59. The zero-order chi connectivity index (χ0) is 25.5. The summed E-state index contributed by atoms with van der Waals surface area (Å²) >= 11 is 0. The highest BCUT2D eigenvalue weighted by Crippen LogP contribution is 2.50. The summed E-state index contributed by atoms with van der Waals surface area (Å²) in [4.78, 5) is 13.2. The molecule has 1 aromatic carbocycles. The maximum absolute atomic E-state index is 14.7. The predicted octanol–water partition coefficient (Wildman–Crippen LogP) is 9.21. The number of fused-ring (bicyclic) bond motifs is 1. The van der Waals surface area contributed by atoms with Gasteiger partial charge in [0.2, 0.25) is 5.82 Å². The molecule has 200 valence electrons. The highest BCUT2D eigenvalue weighted by atomic mass is 19.2. The topological polar surface area (TPSA) is 26.3 Å². The maximum atomic E-state index is 14.7. The minimum absolute atomic E-state index is 0.189. The summed E-state index contributed by atoms with van der Waals surface area (Å²) in [6, 6.07) is 2.98. The van der Waals surface area contributed by atoms with Gasteiger partial charge in [0.05, 0.1) is 5.92 Å². The van der Waals surface area contributed by atoms with Gasteiger partial charge in [-0.25, -0.2) is 4.39 Å². The van der Waals surface area contributed by atoms with E-state index < -0.39 is 11.6 Å². The summed E-state index contributed by atoms with van der Waals surface area (Å²) < 4.78 is 34.8. The van der Waals surface area contributed by atoms with Crippen LogP contribution >= 0.6 is 0 Å². The molecule has 0 heterocycles. The Morgan fingerprint density at radius 3 is 2.50 bits per heavy atom. The van der Waals surface area contributed by atoms with E-state index in [2.05, 4.69) is 6.92 Å². The molecular formula is C32H46F2O2. The van der Waals surface area contributed by atoms with Crippen LogP contribution in [-0.4, -0.2) is 5.97 Å². The quantitative estimate of drug-likeness (QED) is 0.192.